The summed E-state index contributed by atoms with van der Waals surface area (Å²) in [6, 6.07) is 3.44. The van der Waals surface area contributed by atoms with Crippen molar-refractivity contribution in [2.24, 2.45) is 0 Å². The number of aldehydes is 1. The fourth-order valence-electron chi connectivity index (χ4n) is 1.14. The molecule has 0 atom stereocenters. The van der Waals surface area contributed by atoms with E-state index in [4.69, 9.17) is 16.9 Å². The van der Waals surface area contributed by atoms with E-state index >= 15 is 0 Å². The third-order valence-corrected chi connectivity index (χ3v) is 2.05. The number of hydrogen-bond donors (Lipinski definition) is 0. The quantitative estimate of drug-likeness (QED) is 0.449. The van der Waals surface area contributed by atoms with Crippen molar-refractivity contribution in [3.05, 3.63) is 34.6 Å². The van der Waals surface area contributed by atoms with Crippen LogP contribution in [0.15, 0.2) is 12.1 Å². The number of carbonyl (C=O) groups is 2. The number of rotatable bonds is 3. The molecule has 0 N–H and O–H groups in total. The number of ketones is 1. The maximum Gasteiger partial charge on any atom is 0.178 e. The van der Waals surface area contributed by atoms with Gasteiger partial charge in [-0.2, -0.15) is 5.26 Å². The number of nitrogens with zero attached hydrogens (tertiary/aromatic N) is 1. The second kappa shape index (κ2) is 4.67. The second-order valence-electron chi connectivity index (χ2n) is 2.70. The van der Waals surface area contributed by atoms with Crippen molar-refractivity contribution in [3.63, 3.8) is 0 Å². The third kappa shape index (κ3) is 2.20. The molecule has 0 aliphatic heterocycles. The number of benzene rings is 1. The van der Waals surface area contributed by atoms with Gasteiger partial charge in [-0.05, 0) is 12.1 Å². The summed E-state index contributed by atoms with van der Waals surface area (Å²) in [5, 5.41) is 8.63. The predicted molar refractivity (Wildman–Crippen MR) is 51.6 cm³/mol. The van der Waals surface area contributed by atoms with Crippen LogP contribution >= 0.6 is 11.6 Å². The van der Waals surface area contributed by atoms with E-state index in [1.165, 1.54) is 0 Å². The Morgan fingerprint density at radius 1 is 1.60 bits per heavy atom. The van der Waals surface area contributed by atoms with Gasteiger partial charge >= 0.3 is 0 Å². The van der Waals surface area contributed by atoms with Gasteiger partial charge in [-0.1, -0.05) is 0 Å². The Labute approximate surface area is 90.1 Å². The zero-order valence-electron chi connectivity index (χ0n) is 7.46. The van der Waals surface area contributed by atoms with Gasteiger partial charge in [0.2, 0.25) is 0 Å². The maximum absolute atomic E-state index is 13.0. The highest BCUT2D eigenvalue weighted by Crippen LogP contribution is 2.16. The van der Waals surface area contributed by atoms with Crippen LogP contribution in [0.25, 0.3) is 0 Å². The van der Waals surface area contributed by atoms with Crippen molar-refractivity contribution in [2.45, 2.75) is 0 Å². The van der Waals surface area contributed by atoms with Gasteiger partial charge in [-0.25, -0.2) is 4.39 Å². The summed E-state index contributed by atoms with van der Waals surface area (Å²) in [4.78, 5) is 21.9. The Kier molecular flexibility index (Phi) is 3.53. The molecule has 0 amide bonds. The summed E-state index contributed by atoms with van der Waals surface area (Å²) in [5.74, 6) is -1.70. The first kappa shape index (κ1) is 11.3. The lowest BCUT2D eigenvalue weighted by atomic mass is 10.00. The molecule has 0 aliphatic carbocycles. The molecule has 5 heteroatoms. The minimum Gasteiger partial charge on any atom is -0.298 e. The Hall–Kier alpha value is -1.73. The minimum atomic E-state index is -0.745. The topological polar surface area (TPSA) is 57.9 Å². The van der Waals surface area contributed by atoms with E-state index in [0.717, 1.165) is 12.1 Å². The van der Waals surface area contributed by atoms with Gasteiger partial charge in [0.15, 0.2) is 12.1 Å². The smallest absolute Gasteiger partial charge is 0.178 e. The number of alkyl halides is 1. The largest absolute Gasteiger partial charge is 0.298 e. The lowest BCUT2D eigenvalue weighted by Gasteiger charge is -2.03. The number of carbonyl (C=O) groups excluding carboxylic acids is 2. The van der Waals surface area contributed by atoms with E-state index in [-0.39, 0.29) is 22.6 Å². The van der Waals surface area contributed by atoms with E-state index in [9.17, 15) is 14.0 Å². The highest BCUT2D eigenvalue weighted by Gasteiger charge is 2.15. The summed E-state index contributed by atoms with van der Waals surface area (Å²) in [7, 11) is 0. The number of halogens is 2. The number of Topliss-reactive ketones (excluding diaryl/α,β-unsaturated/α-hetero) is 1. The van der Waals surface area contributed by atoms with E-state index in [1.807, 2.05) is 0 Å². The molecule has 0 radical (unpaired) electrons. The van der Waals surface area contributed by atoms with Gasteiger partial charge in [-0.15, -0.1) is 11.6 Å². The van der Waals surface area contributed by atoms with Gasteiger partial charge in [0.05, 0.1) is 11.4 Å². The average Bonchev–Trinajstić information content (AvgIpc) is 2.26. The molecule has 76 valence electrons. The SMILES string of the molecule is N#Cc1cc(F)cc(C(=O)CCl)c1C=O. The van der Waals surface area contributed by atoms with E-state index in [0.29, 0.717) is 6.29 Å². The first-order chi connectivity index (χ1) is 7.13. The fourth-order valence-corrected chi connectivity index (χ4v) is 1.28. The van der Waals surface area contributed by atoms with Crippen molar-refractivity contribution in [2.75, 3.05) is 5.88 Å². The van der Waals surface area contributed by atoms with Gasteiger partial charge < -0.3 is 0 Å². The standard InChI is InChI=1S/C10H5ClFNO2/c11-3-10(15)8-2-7(12)1-6(4-13)9(8)5-14/h1-2,5H,3H2. The van der Waals surface area contributed by atoms with Gasteiger partial charge in [-0.3, -0.25) is 9.59 Å². The highest BCUT2D eigenvalue weighted by molar-refractivity contribution is 6.31. The molecule has 0 aliphatic rings. The molecule has 3 nitrogen and oxygen atoms in total. The average molecular weight is 226 g/mol. The lowest BCUT2D eigenvalue weighted by molar-refractivity contribution is 0.101. The van der Waals surface area contributed by atoms with E-state index in [1.54, 1.807) is 6.07 Å². The molecule has 0 fully saturated rings. The van der Waals surface area contributed by atoms with Crippen LogP contribution < -0.4 is 0 Å². The van der Waals surface area contributed by atoms with Crippen LogP contribution in [0.1, 0.15) is 26.3 Å². The number of hydrogen-bond acceptors (Lipinski definition) is 3. The summed E-state index contributed by atoms with van der Waals surface area (Å²) in [5.41, 5.74) is -0.445. The van der Waals surface area contributed by atoms with Crippen molar-refractivity contribution in [3.8, 4) is 6.07 Å². The molecule has 0 heterocycles. The summed E-state index contributed by atoms with van der Waals surface area (Å²) < 4.78 is 13.0. The van der Waals surface area contributed by atoms with Gasteiger partial charge in [0.25, 0.3) is 0 Å². The predicted octanol–water partition coefficient (Wildman–Crippen LogP) is 1.93. The molecule has 15 heavy (non-hydrogen) atoms. The van der Waals surface area contributed by atoms with Gasteiger partial charge in [0.1, 0.15) is 11.9 Å². The number of nitriles is 1. The molecule has 0 saturated heterocycles. The molecule has 1 aromatic rings. The Balaban J connectivity index is 3.50. The highest BCUT2D eigenvalue weighted by atomic mass is 35.5. The molecule has 0 saturated carbocycles. The lowest BCUT2D eigenvalue weighted by Crippen LogP contribution is -2.07. The fraction of sp³-hybridized carbons (Fsp3) is 0.100. The molecule has 1 rings (SSSR count). The van der Waals surface area contributed by atoms with Crippen LogP contribution in [0.3, 0.4) is 0 Å². The molecule has 0 aromatic heterocycles. The third-order valence-electron chi connectivity index (χ3n) is 1.80. The Bertz CT molecular complexity index is 465. The molecule has 0 unspecified atom stereocenters. The summed E-state index contributed by atoms with van der Waals surface area (Å²) >= 11 is 5.29. The zero-order chi connectivity index (χ0) is 11.4. The zero-order valence-corrected chi connectivity index (χ0v) is 8.21. The molecular weight excluding hydrogens is 221 g/mol. The van der Waals surface area contributed by atoms with Gasteiger partial charge in [0, 0.05) is 11.1 Å². The van der Waals surface area contributed by atoms with Crippen LogP contribution in [0.4, 0.5) is 4.39 Å². The first-order valence-corrected chi connectivity index (χ1v) is 4.45. The first-order valence-electron chi connectivity index (χ1n) is 3.92. The van der Waals surface area contributed by atoms with Crippen LogP contribution in [-0.2, 0) is 0 Å². The van der Waals surface area contributed by atoms with Crippen LogP contribution in [0.5, 0.6) is 0 Å². The van der Waals surface area contributed by atoms with Crippen molar-refractivity contribution < 1.29 is 14.0 Å². The van der Waals surface area contributed by atoms with Crippen molar-refractivity contribution >= 4 is 23.7 Å². The molecule has 0 bridgehead atoms. The Morgan fingerprint density at radius 2 is 2.27 bits per heavy atom. The van der Waals surface area contributed by atoms with Crippen molar-refractivity contribution in [1.29, 1.82) is 5.26 Å². The minimum absolute atomic E-state index is 0.121. The summed E-state index contributed by atoms with van der Waals surface area (Å²) in [6.45, 7) is 0. The van der Waals surface area contributed by atoms with E-state index < -0.39 is 11.6 Å². The normalized spacial score (nSPS) is 9.40. The molecule has 0 spiro atoms. The van der Waals surface area contributed by atoms with Crippen molar-refractivity contribution in [1.82, 2.24) is 0 Å². The Morgan fingerprint density at radius 3 is 2.73 bits per heavy atom. The monoisotopic (exact) mass is 225 g/mol. The molecule has 1 aromatic carbocycles. The maximum atomic E-state index is 13.0. The van der Waals surface area contributed by atoms with E-state index in [2.05, 4.69) is 0 Å². The van der Waals surface area contributed by atoms with Crippen LogP contribution in [-0.4, -0.2) is 17.9 Å². The second-order valence-corrected chi connectivity index (χ2v) is 2.97. The van der Waals surface area contributed by atoms with Crippen LogP contribution in [0, 0.1) is 17.1 Å². The summed E-state index contributed by atoms with van der Waals surface area (Å²) in [6.07, 6.45) is 0.345. The van der Waals surface area contributed by atoms with Crippen LogP contribution in [0.2, 0.25) is 0 Å². The molecular formula is C10H5ClFNO2.